The van der Waals surface area contributed by atoms with E-state index in [9.17, 15) is 4.79 Å². The van der Waals surface area contributed by atoms with E-state index in [0.29, 0.717) is 12.2 Å². The number of nitrogens with one attached hydrogen (secondary N) is 1. The van der Waals surface area contributed by atoms with E-state index < -0.39 is 0 Å². The van der Waals surface area contributed by atoms with Crippen molar-refractivity contribution in [2.24, 2.45) is 0 Å². The lowest BCUT2D eigenvalue weighted by atomic mass is 10.3. The number of furan rings is 1. The van der Waals surface area contributed by atoms with Crippen LogP contribution >= 0.6 is 0 Å². The van der Waals surface area contributed by atoms with Gasteiger partial charge in [0.05, 0.1) is 12.8 Å². The van der Waals surface area contributed by atoms with E-state index in [4.69, 9.17) is 10.8 Å². The van der Waals surface area contributed by atoms with Crippen molar-refractivity contribution in [3.8, 4) is 12.3 Å². The van der Waals surface area contributed by atoms with Crippen molar-refractivity contribution < 1.29 is 9.21 Å². The minimum Gasteiger partial charge on any atom is -0.465 e. The summed E-state index contributed by atoms with van der Waals surface area (Å²) in [4.78, 5) is 11.4. The molecule has 0 aromatic carbocycles. The summed E-state index contributed by atoms with van der Waals surface area (Å²) < 4.78 is 5.37. The van der Waals surface area contributed by atoms with Crippen LogP contribution in [0.3, 0.4) is 0 Å². The third-order valence-corrected chi connectivity index (χ3v) is 1.78. The highest BCUT2D eigenvalue weighted by atomic mass is 16.3. The molecular formula is C12H15NO2. The number of rotatable bonds is 4. The zero-order valence-electron chi connectivity index (χ0n) is 9.04. The molecule has 0 aliphatic rings. The first-order valence-electron chi connectivity index (χ1n) is 4.92. The maximum absolute atomic E-state index is 11.4. The predicted octanol–water partition coefficient (Wildman–Crippen LogP) is 1.52. The van der Waals surface area contributed by atoms with E-state index in [1.807, 2.05) is 13.8 Å². The second-order valence-electron chi connectivity index (χ2n) is 3.65. The van der Waals surface area contributed by atoms with Gasteiger partial charge in [0, 0.05) is 6.04 Å². The molecule has 1 amide bonds. The summed E-state index contributed by atoms with van der Waals surface area (Å²) in [5.41, 5.74) is 0. The molecule has 0 aliphatic heterocycles. The van der Waals surface area contributed by atoms with Crippen LogP contribution in [-0.2, 0) is 17.6 Å². The van der Waals surface area contributed by atoms with Crippen molar-refractivity contribution in [1.82, 2.24) is 5.32 Å². The number of hydrogen-bond donors (Lipinski definition) is 1. The van der Waals surface area contributed by atoms with Gasteiger partial charge in [-0.15, -0.1) is 6.42 Å². The first kappa shape index (κ1) is 11.4. The molecule has 0 saturated heterocycles. The van der Waals surface area contributed by atoms with Crippen LogP contribution in [0.4, 0.5) is 0 Å². The highest BCUT2D eigenvalue weighted by Gasteiger charge is 2.08. The standard InChI is InChI=1S/C12H15NO2/c1-4-5-10-6-7-11(15-10)8-12(14)13-9(2)3/h1,6-7,9H,5,8H2,2-3H3,(H,13,14). The topological polar surface area (TPSA) is 42.2 Å². The smallest absolute Gasteiger partial charge is 0.227 e. The Morgan fingerprint density at radius 1 is 1.53 bits per heavy atom. The Hall–Kier alpha value is -1.69. The van der Waals surface area contributed by atoms with Crippen LogP contribution in [-0.4, -0.2) is 11.9 Å². The Labute approximate surface area is 89.9 Å². The highest BCUT2D eigenvalue weighted by molar-refractivity contribution is 5.78. The molecule has 1 aromatic heterocycles. The summed E-state index contributed by atoms with van der Waals surface area (Å²) >= 11 is 0. The van der Waals surface area contributed by atoms with Crippen LogP contribution < -0.4 is 5.32 Å². The molecule has 0 unspecified atom stereocenters. The molecule has 1 rings (SSSR count). The fraction of sp³-hybridized carbons (Fsp3) is 0.417. The van der Waals surface area contributed by atoms with Crippen LogP contribution in [0.1, 0.15) is 25.4 Å². The summed E-state index contributed by atoms with van der Waals surface area (Å²) in [5, 5.41) is 2.79. The average Bonchev–Trinajstić information content (AvgIpc) is 2.51. The van der Waals surface area contributed by atoms with Crippen molar-refractivity contribution in [3.63, 3.8) is 0 Å². The molecule has 0 fully saturated rings. The van der Waals surface area contributed by atoms with Crippen LogP contribution in [0.15, 0.2) is 16.5 Å². The first-order chi connectivity index (χ1) is 7.11. The zero-order chi connectivity index (χ0) is 11.3. The van der Waals surface area contributed by atoms with E-state index in [-0.39, 0.29) is 18.4 Å². The fourth-order valence-corrected chi connectivity index (χ4v) is 1.24. The van der Waals surface area contributed by atoms with Crippen LogP contribution in [0, 0.1) is 12.3 Å². The molecule has 0 atom stereocenters. The normalized spacial score (nSPS) is 10.0. The van der Waals surface area contributed by atoms with Crippen molar-refractivity contribution in [1.29, 1.82) is 0 Å². The van der Waals surface area contributed by atoms with Gasteiger partial charge in [-0.3, -0.25) is 4.79 Å². The molecule has 1 aromatic rings. The van der Waals surface area contributed by atoms with Gasteiger partial charge in [-0.2, -0.15) is 0 Å². The number of terminal acetylenes is 1. The maximum atomic E-state index is 11.4. The van der Waals surface area contributed by atoms with Gasteiger partial charge in [-0.05, 0) is 26.0 Å². The summed E-state index contributed by atoms with van der Waals surface area (Å²) in [5.74, 6) is 3.83. The number of carbonyl (C=O) groups is 1. The lowest BCUT2D eigenvalue weighted by molar-refractivity contribution is -0.121. The summed E-state index contributed by atoms with van der Waals surface area (Å²) in [6.07, 6.45) is 5.88. The van der Waals surface area contributed by atoms with Crippen LogP contribution in [0.2, 0.25) is 0 Å². The second-order valence-corrected chi connectivity index (χ2v) is 3.65. The molecule has 0 spiro atoms. The second kappa shape index (κ2) is 5.26. The number of carbonyl (C=O) groups excluding carboxylic acids is 1. The third kappa shape index (κ3) is 3.90. The van der Waals surface area contributed by atoms with E-state index in [2.05, 4.69) is 11.2 Å². The molecule has 0 radical (unpaired) electrons. The molecule has 1 N–H and O–H groups in total. The Morgan fingerprint density at radius 2 is 2.20 bits per heavy atom. The summed E-state index contributed by atoms with van der Waals surface area (Å²) in [6.45, 7) is 3.84. The largest absolute Gasteiger partial charge is 0.465 e. The number of hydrogen-bond acceptors (Lipinski definition) is 2. The SMILES string of the molecule is C#CCc1ccc(CC(=O)NC(C)C)o1. The van der Waals surface area contributed by atoms with Gasteiger partial charge < -0.3 is 9.73 Å². The Morgan fingerprint density at radius 3 is 2.80 bits per heavy atom. The highest BCUT2D eigenvalue weighted by Crippen LogP contribution is 2.08. The minimum absolute atomic E-state index is 0.0355. The van der Waals surface area contributed by atoms with Crippen LogP contribution in [0.5, 0.6) is 0 Å². The van der Waals surface area contributed by atoms with E-state index in [0.717, 1.165) is 5.76 Å². The molecule has 0 bridgehead atoms. The maximum Gasteiger partial charge on any atom is 0.227 e. The van der Waals surface area contributed by atoms with E-state index in [1.54, 1.807) is 12.1 Å². The molecular weight excluding hydrogens is 190 g/mol. The van der Waals surface area contributed by atoms with Gasteiger partial charge in [0.2, 0.25) is 5.91 Å². The molecule has 0 aliphatic carbocycles. The quantitative estimate of drug-likeness (QED) is 0.757. The Bertz CT molecular complexity index is 371. The lowest BCUT2D eigenvalue weighted by Crippen LogP contribution is -2.31. The molecule has 3 heteroatoms. The van der Waals surface area contributed by atoms with Gasteiger partial charge in [0.1, 0.15) is 11.5 Å². The van der Waals surface area contributed by atoms with Crippen molar-refractivity contribution in [2.45, 2.75) is 32.7 Å². The predicted molar refractivity (Wildman–Crippen MR) is 58.2 cm³/mol. The minimum atomic E-state index is -0.0355. The van der Waals surface area contributed by atoms with E-state index in [1.165, 1.54) is 0 Å². The molecule has 80 valence electrons. The Balaban J connectivity index is 2.50. The van der Waals surface area contributed by atoms with Crippen molar-refractivity contribution in [2.75, 3.05) is 0 Å². The summed E-state index contributed by atoms with van der Waals surface area (Å²) in [6, 6.07) is 3.74. The first-order valence-corrected chi connectivity index (χ1v) is 4.92. The molecule has 3 nitrogen and oxygen atoms in total. The molecule has 0 saturated carbocycles. The molecule has 1 heterocycles. The third-order valence-electron chi connectivity index (χ3n) is 1.78. The number of amides is 1. The monoisotopic (exact) mass is 205 g/mol. The van der Waals surface area contributed by atoms with Crippen molar-refractivity contribution in [3.05, 3.63) is 23.7 Å². The molecule has 15 heavy (non-hydrogen) atoms. The van der Waals surface area contributed by atoms with Crippen LogP contribution in [0.25, 0.3) is 0 Å². The van der Waals surface area contributed by atoms with E-state index >= 15 is 0 Å². The average molecular weight is 205 g/mol. The lowest BCUT2D eigenvalue weighted by Gasteiger charge is -2.06. The summed E-state index contributed by atoms with van der Waals surface area (Å²) in [7, 11) is 0. The van der Waals surface area contributed by atoms with Crippen molar-refractivity contribution >= 4 is 5.91 Å². The fourth-order valence-electron chi connectivity index (χ4n) is 1.24. The van der Waals surface area contributed by atoms with Gasteiger partial charge in [-0.1, -0.05) is 5.92 Å². The van der Waals surface area contributed by atoms with Gasteiger partial charge in [-0.25, -0.2) is 0 Å². The van der Waals surface area contributed by atoms with Gasteiger partial charge in [0.15, 0.2) is 0 Å². The zero-order valence-corrected chi connectivity index (χ0v) is 9.04. The van der Waals surface area contributed by atoms with Gasteiger partial charge in [0.25, 0.3) is 0 Å². The Kier molecular flexibility index (Phi) is 3.99. The van der Waals surface area contributed by atoms with Gasteiger partial charge >= 0.3 is 0 Å².